The summed E-state index contributed by atoms with van der Waals surface area (Å²) in [4.78, 5) is 11.1. The average molecular weight is 202 g/mol. The number of carbonyl (C=O) groups is 1. The van der Waals surface area contributed by atoms with Crippen molar-refractivity contribution in [3.63, 3.8) is 0 Å². The zero-order chi connectivity index (χ0) is 11.0. The number of hydrogen-bond donors (Lipinski definition) is 2. The molecule has 4 heteroatoms. The van der Waals surface area contributed by atoms with Crippen molar-refractivity contribution >= 4 is 6.09 Å². The minimum atomic E-state index is -0.415. The van der Waals surface area contributed by atoms with Crippen LogP contribution in [0.25, 0.3) is 0 Å². The molecule has 1 unspecified atom stereocenters. The number of ether oxygens (including phenoxy) is 1. The van der Waals surface area contributed by atoms with E-state index < -0.39 is 5.54 Å². The van der Waals surface area contributed by atoms with E-state index in [1.165, 1.54) is 0 Å². The van der Waals surface area contributed by atoms with Gasteiger partial charge in [-0.1, -0.05) is 20.3 Å². The van der Waals surface area contributed by atoms with Gasteiger partial charge in [0.05, 0.1) is 0 Å². The second kappa shape index (κ2) is 6.65. The summed E-state index contributed by atoms with van der Waals surface area (Å²) in [5, 5.41) is 2.66. The maximum atomic E-state index is 11.1. The third-order valence-corrected chi connectivity index (χ3v) is 2.14. The zero-order valence-corrected chi connectivity index (χ0v) is 9.43. The lowest BCUT2D eigenvalue weighted by molar-refractivity contribution is 0.119. The smallest absolute Gasteiger partial charge is 0.407 e. The van der Waals surface area contributed by atoms with Crippen LogP contribution in [0, 0.1) is 0 Å². The second-order valence-corrected chi connectivity index (χ2v) is 3.86. The molecule has 0 radical (unpaired) electrons. The predicted octanol–water partition coefficient (Wildman–Crippen LogP) is 1.64. The Balaban J connectivity index is 3.53. The van der Waals surface area contributed by atoms with Crippen molar-refractivity contribution in [1.82, 2.24) is 5.32 Å². The van der Waals surface area contributed by atoms with Gasteiger partial charge in [-0.2, -0.15) is 0 Å². The van der Waals surface area contributed by atoms with Crippen LogP contribution in [-0.4, -0.2) is 24.8 Å². The summed E-state index contributed by atoms with van der Waals surface area (Å²) in [5.74, 6) is 0. The summed E-state index contributed by atoms with van der Waals surface area (Å²) >= 11 is 0. The number of hydrogen-bond acceptors (Lipinski definition) is 3. The molecule has 0 aliphatic heterocycles. The summed E-state index contributed by atoms with van der Waals surface area (Å²) < 4.78 is 4.97. The van der Waals surface area contributed by atoms with Gasteiger partial charge in [0.1, 0.15) is 6.61 Å². The highest BCUT2D eigenvalue weighted by molar-refractivity contribution is 5.67. The van der Waals surface area contributed by atoms with Crippen LogP contribution < -0.4 is 11.1 Å². The maximum Gasteiger partial charge on any atom is 0.407 e. The summed E-state index contributed by atoms with van der Waals surface area (Å²) in [5.41, 5.74) is 5.40. The molecule has 0 fully saturated rings. The van der Waals surface area contributed by atoms with Crippen LogP contribution in [-0.2, 0) is 4.74 Å². The lowest BCUT2D eigenvalue weighted by Crippen LogP contribution is -2.42. The third-order valence-electron chi connectivity index (χ3n) is 2.14. The van der Waals surface area contributed by atoms with Crippen LogP contribution in [0.3, 0.4) is 0 Å². The lowest BCUT2D eigenvalue weighted by Gasteiger charge is -2.21. The summed E-state index contributed by atoms with van der Waals surface area (Å²) in [6, 6.07) is 0. The highest BCUT2D eigenvalue weighted by atomic mass is 16.5. The summed E-state index contributed by atoms with van der Waals surface area (Å²) in [7, 11) is 0. The van der Waals surface area contributed by atoms with E-state index in [1.807, 2.05) is 13.8 Å². The fraction of sp³-hybridized carbons (Fsp3) is 0.900. The minimum absolute atomic E-state index is 0.265. The average Bonchev–Trinajstić information content (AvgIpc) is 2.16. The van der Waals surface area contributed by atoms with Gasteiger partial charge in [0.2, 0.25) is 0 Å². The first kappa shape index (κ1) is 13.2. The van der Waals surface area contributed by atoms with E-state index in [4.69, 9.17) is 10.5 Å². The van der Waals surface area contributed by atoms with Crippen molar-refractivity contribution in [3.8, 4) is 0 Å². The van der Waals surface area contributed by atoms with Gasteiger partial charge in [-0.3, -0.25) is 0 Å². The van der Waals surface area contributed by atoms with Gasteiger partial charge in [-0.15, -0.1) is 0 Å². The van der Waals surface area contributed by atoms with Gasteiger partial charge in [-0.05, 0) is 19.8 Å². The Hall–Kier alpha value is -0.770. The minimum Gasteiger partial charge on any atom is -0.448 e. The number of unbranched alkanes of at least 4 members (excludes halogenated alkanes) is 1. The molecule has 0 saturated carbocycles. The van der Waals surface area contributed by atoms with Crippen LogP contribution in [0.5, 0.6) is 0 Å². The van der Waals surface area contributed by atoms with Crippen LogP contribution in [0.1, 0.15) is 40.0 Å². The van der Waals surface area contributed by atoms with Crippen LogP contribution in [0.4, 0.5) is 4.79 Å². The fourth-order valence-corrected chi connectivity index (χ4v) is 0.751. The number of rotatable bonds is 6. The molecular formula is C10H22N2O2. The Labute approximate surface area is 86.2 Å². The standard InChI is InChI=1S/C10H22N2O2/c1-4-6-7-12-9(13)14-8-10(3,11)5-2/h4-8,11H2,1-3H3,(H,12,13). The van der Waals surface area contributed by atoms with Gasteiger partial charge in [0.15, 0.2) is 0 Å². The lowest BCUT2D eigenvalue weighted by atomic mass is 10.0. The molecule has 0 aliphatic rings. The van der Waals surface area contributed by atoms with E-state index in [2.05, 4.69) is 12.2 Å². The highest BCUT2D eigenvalue weighted by Gasteiger charge is 2.17. The molecule has 0 aromatic carbocycles. The number of nitrogens with one attached hydrogen (secondary N) is 1. The monoisotopic (exact) mass is 202 g/mol. The molecule has 0 aliphatic carbocycles. The van der Waals surface area contributed by atoms with Gasteiger partial charge < -0.3 is 15.8 Å². The van der Waals surface area contributed by atoms with Gasteiger partial charge >= 0.3 is 6.09 Å². The molecule has 0 aromatic rings. The van der Waals surface area contributed by atoms with Crippen molar-refractivity contribution in [3.05, 3.63) is 0 Å². The molecule has 1 atom stereocenters. The van der Waals surface area contributed by atoms with E-state index in [1.54, 1.807) is 0 Å². The topological polar surface area (TPSA) is 64.3 Å². The molecule has 84 valence electrons. The Bertz CT molecular complexity index is 170. The molecule has 14 heavy (non-hydrogen) atoms. The van der Waals surface area contributed by atoms with Crippen LogP contribution >= 0.6 is 0 Å². The molecular weight excluding hydrogens is 180 g/mol. The molecule has 4 nitrogen and oxygen atoms in total. The van der Waals surface area contributed by atoms with Crippen molar-refractivity contribution in [2.75, 3.05) is 13.2 Å². The van der Waals surface area contributed by atoms with Crippen molar-refractivity contribution < 1.29 is 9.53 Å². The molecule has 0 aromatic heterocycles. The first-order chi connectivity index (χ1) is 6.52. The summed E-state index contributed by atoms with van der Waals surface area (Å²) in [6.07, 6.45) is 2.45. The predicted molar refractivity (Wildman–Crippen MR) is 57.1 cm³/mol. The van der Waals surface area contributed by atoms with Crippen molar-refractivity contribution in [2.24, 2.45) is 5.73 Å². The Morgan fingerprint density at radius 2 is 2.14 bits per heavy atom. The molecule has 3 N–H and O–H groups in total. The first-order valence-electron chi connectivity index (χ1n) is 5.21. The van der Waals surface area contributed by atoms with E-state index >= 15 is 0 Å². The maximum absolute atomic E-state index is 11.1. The van der Waals surface area contributed by atoms with Gasteiger partial charge in [0.25, 0.3) is 0 Å². The Kier molecular flexibility index (Phi) is 6.28. The first-order valence-corrected chi connectivity index (χ1v) is 5.21. The van der Waals surface area contributed by atoms with Crippen molar-refractivity contribution in [2.45, 2.75) is 45.6 Å². The molecule has 0 heterocycles. The SMILES string of the molecule is CCCCNC(=O)OCC(C)(N)CC. The van der Waals surface area contributed by atoms with Gasteiger partial charge in [-0.25, -0.2) is 4.79 Å². The molecule has 0 saturated heterocycles. The normalized spacial score (nSPS) is 14.6. The quantitative estimate of drug-likeness (QED) is 0.643. The Morgan fingerprint density at radius 1 is 1.50 bits per heavy atom. The molecule has 0 bridgehead atoms. The fourth-order valence-electron chi connectivity index (χ4n) is 0.751. The zero-order valence-electron chi connectivity index (χ0n) is 9.43. The number of amides is 1. The molecule has 0 spiro atoms. The Morgan fingerprint density at radius 3 is 2.64 bits per heavy atom. The van der Waals surface area contributed by atoms with Crippen LogP contribution in [0.2, 0.25) is 0 Å². The second-order valence-electron chi connectivity index (χ2n) is 3.86. The third kappa shape index (κ3) is 6.71. The van der Waals surface area contributed by atoms with E-state index in [0.717, 1.165) is 19.3 Å². The number of carbonyl (C=O) groups excluding carboxylic acids is 1. The molecule has 0 rings (SSSR count). The molecule has 1 amide bonds. The van der Waals surface area contributed by atoms with Gasteiger partial charge in [0, 0.05) is 12.1 Å². The van der Waals surface area contributed by atoms with E-state index in [-0.39, 0.29) is 12.7 Å². The van der Waals surface area contributed by atoms with E-state index in [9.17, 15) is 4.79 Å². The number of nitrogens with two attached hydrogens (primary N) is 1. The largest absolute Gasteiger partial charge is 0.448 e. The van der Waals surface area contributed by atoms with Crippen molar-refractivity contribution in [1.29, 1.82) is 0 Å². The van der Waals surface area contributed by atoms with E-state index in [0.29, 0.717) is 6.54 Å². The summed E-state index contributed by atoms with van der Waals surface area (Å²) in [6.45, 7) is 6.84. The van der Waals surface area contributed by atoms with Crippen LogP contribution in [0.15, 0.2) is 0 Å². The number of alkyl carbamates (subject to hydrolysis) is 1. The highest BCUT2D eigenvalue weighted by Crippen LogP contribution is 2.04.